The number of rotatable bonds is 3. The molecule has 1 unspecified atom stereocenters. The van der Waals surface area contributed by atoms with Crippen LogP contribution >= 0.6 is 15.9 Å². The standard InChI is InChI=1S/C13H19BrN2/c1-9(2)15-8-13-6-11-5-12(14)4-3-10(11)7-16-13/h3-5,9,13,15-16H,6-8H2,1-2H3. The molecule has 0 aliphatic carbocycles. The third-order valence-electron chi connectivity index (χ3n) is 2.99. The third-order valence-corrected chi connectivity index (χ3v) is 3.48. The number of halogens is 1. The van der Waals surface area contributed by atoms with Crippen LogP contribution in [0.5, 0.6) is 0 Å². The van der Waals surface area contributed by atoms with E-state index in [-0.39, 0.29) is 0 Å². The first-order chi connectivity index (χ1) is 7.65. The highest BCUT2D eigenvalue weighted by Crippen LogP contribution is 2.21. The van der Waals surface area contributed by atoms with Crippen LogP contribution in [-0.2, 0) is 13.0 Å². The molecular formula is C13H19BrN2. The second-order valence-electron chi connectivity index (χ2n) is 4.76. The van der Waals surface area contributed by atoms with E-state index in [1.54, 1.807) is 0 Å². The molecule has 1 aliphatic rings. The van der Waals surface area contributed by atoms with Crippen LogP contribution in [-0.4, -0.2) is 18.6 Å². The lowest BCUT2D eigenvalue weighted by Gasteiger charge is -2.27. The van der Waals surface area contributed by atoms with Gasteiger partial charge in [0.05, 0.1) is 0 Å². The second kappa shape index (κ2) is 5.30. The average molecular weight is 283 g/mol. The van der Waals surface area contributed by atoms with Gasteiger partial charge >= 0.3 is 0 Å². The first-order valence-electron chi connectivity index (χ1n) is 5.89. The Kier molecular flexibility index (Phi) is 4.00. The Hall–Kier alpha value is -0.380. The fourth-order valence-corrected chi connectivity index (χ4v) is 2.48. The van der Waals surface area contributed by atoms with Crippen molar-refractivity contribution in [3.8, 4) is 0 Å². The summed E-state index contributed by atoms with van der Waals surface area (Å²) in [6.45, 7) is 6.41. The Balaban J connectivity index is 1.99. The van der Waals surface area contributed by atoms with Gasteiger partial charge in [0.15, 0.2) is 0 Å². The maximum absolute atomic E-state index is 3.57. The summed E-state index contributed by atoms with van der Waals surface area (Å²) < 4.78 is 1.18. The molecule has 1 heterocycles. The smallest absolute Gasteiger partial charge is 0.0236 e. The fourth-order valence-electron chi connectivity index (χ4n) is 2.07. The molecule has 0 amide bonds. The van der Waals surface area contributed by atoms with E-state index in [1.165, 1.54) is 15.6 Å². The molecule has 0 fully saturated rings. The van der Waals surface area contributed by atoms with Crippen LogP contribution in [0.1, 0.15) is 25.0 Å². The molecule has 3 heteroatoms. The van der Waals surface area contributed by atoms with Gasteiger partial charge in [-0.3, -0.25) is 0 Å². The molecule has 0 saturated heterocycles. The van der Waals surface area contributed by atoms with Crippen molar-refractivity contribution in [2.75, 3.05) is 6.54 Å². The van der Waals surface area contributed by atoms with E-state index in [2.05, 4.69) is 58.6 Å². The first-order valence-corrected chi connectivity index (χ1v) is 6.68. The van der Waals surface area contributed by atoms with Crippen molar-refractivity contribution >= 4 is 15.9 Å². The largest absolute Gasteiger partial charge is 0.313 e. The minimum Gasteiger partial charge on any atom is -0.313 e. The van der Waals surface area contributed by atoms with Crippen molar-refractivity contribution in [3.05, 3.63) is 33.8 Å². The van der Waals surface area contributed by atoms with E-state index >= 15 is 0 Å². The number of benzene rings is 1. The van der Waals surface area contributed by atoms with Crippen LogP contribution in [0, 0.1) is 0 Å². The molecule has 2 nitrogen and oxygen atoms in total. The molecule has 1 aromatic rings. The van der Waals surface area contributed by atoms with Crippen LogP contribution in [0.4, 0.5) is 0 Å². The third kappa shape index (κ3) is 3.06. The predicted octanol–water partition coefficient (Wildman–Crippen LogP) is 2.46. The van der Waals surface area contributed by atoms with Crippen molar-refractivity contribution < 1.29 is 0 Å². The van der Waals surface area contributed by atoms with Crippen LogP contribution in [0.25, 0.3) is 0 Å². The van der Waals surface area contributed by atoms with E-state index in [1.807, 2.05) is 0 Å². The van der Waals surface area contributed by atoms with Gasteiger partial charge in [0, 0.05) is 29.6 Å². The van der Waals surface area contributed by atoms with Gasteiger partial charge in [-0.1, -0.05) is 35.8 Å². The van der Waals surface area contributed by atoms with Gasteiger partial charge in [0.2, 0.25) is 0 Å². The summed E-state index contributed by atoms with van der Waals surface area (Å²) in [6, 6.07) is 7.69. The van der Waals surface area contributed by atoms with E-state index < -0.39 is 0 Å². The lowest BCUT2D eigenvalue weighted by atomic mass is 9.96. The Bertz CT molecular complexity index is 363. The quantitative estimate of drug-likeness (QED) is 0.890. The minimum atomic E-state index is 0.559. The second-order valence-corrected chi connectivity index (χ2v) is 5.67. The Morgan fingerprint density at radius 2 is 2.25 bits per heavy atom. The van der Waals surface area contributed by atoms with Crippen molar-refractivity contribution in [1.82, 2.24) is 10.6 Å². The molecule has 1 aromatic carbocycles. The van der Waals surface area contributed by atoms with Crippen molar-refractivity contribution in [2.24, 2.45) is 0 Å². The van der Waals surface area contributed by atoms with Crippen LogP contribution < -0.4 is 10.6 Å². The number of hydrogen-bond acceptors (Lipinski definition) is 2. The zero-order valence-corrected chi connectivity index (χ0v) is 11.5. The summed E-state index contributed by atoms with van der Waals surface area (Å²) in [5, 5.41) is 7.06. The highest BCUT2D eigenvalue weighted by atomic mass is 79.9. The van der Waals surface area contributed by atoms with Gasteiger partial charge in [-0.05, 0) is 29.7 Å². The molecule has 88 valence electrons. The Labute approximate surface area is 106 Å². The van der Waals surface area contributed by atoms with Crippen LogP contribution in [0.2, 0.25) is 0 Å². The Morgan fingerprint density at radius 1 is 1.44 bits per heavy atom. The van der Waals surface area contributed by atoms with Crippen molar-refractivity contribution in [2.45, 2.75) is 38.9 Å². The topological polar surface area (TPSA) is 24.1 Å². The van der Waals surface area contributed by atoms with Gasteiger partial charge in [0.1, 0.15) is 0 Å². The summed E-state index contributed by atoms with van der Waals surface area (Å²) >= 11 is 3.54. The molecule has 0 aromatic heterocycles. The van der Waals surface area contributed by atoms with Crippen molar-refractivity contribution in [3.63, 3.8) is 0 Å². The average Bonchev–Trinajstić information content (AvgIpc) is 2.25. The predicted molar refractivity (Wildman–Crippen MR) is 71.6 cm³/mol. The highest BCUT2D eigenvalue weighted by molar-refractivity contribution is 9.10. The zero-order chi connectivity index (χ0) is 11.5. The van der Waals surface area contributed by atoms with E-state index in [9.17, 15) is 0 Å². The molecule has 0 saturated carbocycles. The summed E-state index contributed by atoms with van der Waals surface area (Å²) in [7, 11) is 0. The zero-order valence-electron chi connectivity index (χ0n) is 9.89. The Morgan fingerprint density at radius 3 is 3.00 bits per heavy atom. The van der Waals surface area contributed by atoms with Crippen LogP contribution in [0.3, 0.4) is 0 Å². The maximum atomic E-state index is 3.57. The highest BCUT2D eigenvalue weighted by Gasteiger charge is 2.17. The first kappa shape index (κ1) is 12.1. The number of fused-ring (bicyclic) bond motifs is 1. The SMILES string of the molecule is CC(C)NCC1Cc2cc(Br)ccc2CN1. The molecule has 1 aliphatic heterocycles. The summed E-state index contributed by atoms with van der Waals surface area (Å²) in [5.41, 5.74) is 2.91. The van der Waals surface area contributed by atoms with Gasteiger partial charge in [-0.2, -0.15) is 0 Å². The lowest BCUT2D eigenvalue weighted by molar-refractivity contribution is 0.430. The lowest BCUT2D eigenvalue weighted by Crippen LogP contribution is -2.44. The van der Waals surface area contributed by atoms with Gasteiger partial charge < -0.3 is 10.6 Å². The summed E-state index contributed by atoms with van der Waals surface area (Å²) in [6.07, 6.45) is 1.12. The molecule has 0 bridgehead atoms. The van der Waals surface area contributed by atoms with Gasteiger partial charge in [-0.15, -0.1) is 0 Å². The fraction of sp³-hybridized carbons (Fsp3) is 0.538. The maximum Gasteiger partial charge on any atom is 0.0236 e. The molecule has 1 atom stereocenters. The molecule has 2 rings (SSSR count). The van der Waals surface area contributed by atoms with E-state index in [4.69, 9.17) is 0 Å². The van der Waals surface area contributed by atoms with Crippen LogP contribution in [0.15, 0.2) is 22.7 Å². The van der Waals surface area contributed by atoms with E-state index in [0.29, 0.717) is 12.1 Å². The molecule has 2 N–H and O–H groups in total. The molecule has 0 radical (unpaired) electrons. The monoisotopic (exact) mass is 282 g/mol. The molecule has 0 spiro atoms. The molecular weight excluding hydrogens is 264 g/mol. The van der Waals surface area contributed by atoms with Gasteiger partial charge in [0.25, 0.3) is 0 Å². The summed E-state index contributed by atoms with van der Waals surface area (Å²) in [5.74, 6) is 0. The summed E-state index contributed by atoms with van der Waals surface area (Å²) in [4.78, 5) is 0. The van der Waals surface area contributed by atoms with Crippen molar-refractivity contribution in [1.29, 1.82) is 0 Å². The minimum absolute atomic E-state index is 0.559. The number of nitrogens with one attached hydrogen (secondary N) is 2. The van der Waals surface area contributed by atoms with Gasteiger partial charge in [-0.25, -0.2) is 0 Å². The van der Waals surface area contributed by atoms with E-state index in [0.717, 1.165) is 19.5 Å². The number of hydrogen-bond donors (Lipinski definition) is 2. The normalized spacial score (nSPS) is 19.9. The molecule has 16 heavy (non-hydrogen) atoms.